The maximum Gasteiger partial charge on any atom is 0.224 e. The summed E-state index contributed by atoms with van der Waals surface area (Å²) in [4.78, 5) is 20.2. The number of nitrogens with one attached hydrogen (secondary N) is 2. The molecule has 4 nitrogen and oxygen atoms in total. The van der Waals surface area contributed by atoms with Crippen LogP contribution in [0.5, 0.6) is 0 Å². The van der Waals surface area contributed by atoms with Gasteiger partial charge in [-0.05, 0) is 30.4 Å². The van der Waals surface area contributed by atoms with Gasteiger partial charge in [-0.1, -0.05) is 38.8 Å². The first kappa shape index (κ1) is 14.1. The highest BCUT2D eigenvalue weighted by atomic mass is 16.1. The highest BCUT2D eigenvalue weighted by molar-refractivity contribution is 5.79. The fourth-order valence-electron chi connectivity index (χ4n) is 3.36. The topological polar surface area (TPSA) is 57.8 Å². The highest BCUT2D eigenvalue weighted by Gasteiger charge is 2.36. The molecular weight excluding hydrogens is 262 g/mol. The summed E-state index contributed by atoms with van der Waals surface area (Å²) in [6.45, 7) is 4.88. The van der Waals surface area contributed by atoms with Crippen LogP contribution in [0.4, 0.5) is 0 Å². The largest absolute Gasteiger partial charge is 0.349 e. The van der Waals surface area contributed by atoms with E-state index < -0.39 is 0 Å². The molecule has 4 heteroatoms. The molecule has 21 heavy (non-hydrogen) atoms. The number of imidazole rings is 1. The van der Waals surface area contributed by atoms with Gasteiger partial charge in [0.05, 0.1) is 17.6 Å². The van der Waals surface area contributed by atoms with Crippen molar-refractivity contribution in [2.45, 2.75) is 46.1 Å². The molecule has 3 rings (SSSR count). The monoisotopic (exact) mass is 285 g/mol. The second kappa shape index (κ2) is 5.51. The molecule has 1 fully saturated rings. The van der Waals surface area contributed by atoms with E-state index in [0.717, 1.165) is 36.1 Å². The van der Waals surface area contributed by atoms with Crippen LogP contribution in [0, 0.1) is 11.3 Å². The van der Waals surface area contributed by atoms with Crippen molar-refractivity contribution in [3.8, 4) is 0 Å². The van der Waals surface area contributed by atoms with Crippen LogP contribution in [0.1, 0.15) is 45.4 Å². The van der Waals surface area contributed by atoms with Gasteiger partial charge in [-0.3, -0.25) is 4.79 Å². The van der Waals surface area contributed by atoms with Gasteiger partial charge in [0.2, 0.25) is 5.91 Å². The van der Waals surface area contributed by atoms with Crippen LogP contribution >= 0.6 is 0 Å². The maximum atomic E-state index is 12.4. The van der Waals surface area contributed by atoms with Gasteiger partial charge in [0.15, 0.2) is 0 Å². The molecule has 1 atom stereocenters. The normalized spacial score (nSPS) is 21.3. The Bertz CT molecular complexity index is 611. The fourth-order valence-corrected chi connectivity index (χ4v) is 3.36. The first-order chi connectivity index (χ1) is 10.1. The number of H-pyrrole nitrogens is 1. The molecule has 0 bridgehead atoms. The molecule has 0 spiro atoms. The number of hydrogen-bond acceptors (Lipinski definition) is 2. The summed E-state index contributed by atoms with van der Waals surface area (Å²) in [7, 11) is 0. The zero-order chi connectivity index (χ0) is 14.9. The van der Waals surface area contributed by atoms with Gasteiger partial charge in [0, 0.05) is 5.92 Å². The molecular formula is C17H23N3O. The summed E-state index contributed by atoms with van der Waals surface area (Å²) < 4.78 is 0. The lowest BCUT2D eigenvalue weighted by molar-refractivity contribution is -0.130. The van der Waals surface area contributed by atoms with E-state index in [2.05, 4.69) is 29.1 Å². The average Bonchev–Trinajstić information content (AvgIpc) is 2.87. The van der Waals surface area contributed by atoms with Gasteiger partial charge in [0.1, 0.15) is 5.82 Å². The number of hydrogen-bond donors (Lipinski definition) is 2. The van der Waals surface area contributed by atoms with Crippen molar-refractivity contribution < 1.29 is 4.79 Å². The molecule has 2 aromatic rings. The molecule has 1 aliphatic rings. The Labute approximate surface area is 125 Å². The van der Waals surface area contributed by atoms with Crippen LogP contribution in [0.15, 0.2) is 24.3 Å². The Morgan fingerprint density at radius 1 is 1.38 bits per heavy atom. The summed E-state index contributed by atoms with van der Waals surface area (Å²) in [5, 5.41) is 3.05. The highest BCUT2D eigenvalue weighted by Crippen LogP contribution is 2.40. The van der Waals surface area contributed by atoms with E-state index >= 15 is 0 Å². The number of aromatic nitrogens is 2. The van der Waals surface area contributed by atoms with Crippen molar-refractivity contribution in [2.75, 3.05) is 0 Å². The molecule has 2 N–H and O–H groups in total. The standard InChI is InChI=1S/C17H23N3O/c1-17(2)10-6-5-7-12(17)16(21)18-11-15-19-13-8-3-4-9-14(13)20-15/h3-4,8-9,12H,5-7,10-11H2,1-2H3,(H,18,21)(H,19,20). The van der Waals surface area contributed by atoms with E-state index in [-0.39, 0.29) is 17.2 Å². The Morgan fingerprint density at radius 3 is 2.95 bits per heavy atom. The smallest absolute Gasteiger partial charge is 0.224 e. The fraction of sp³-hybridized carbons (Fsp3) is 0.529. The SMILES string of the molecule is CC1(C)CCCCC1C(=O)NCc1nc2ccccc2[nH]1. The molecule has 1 aromatic carbocycles. The Morgan fingerprint density at radius 2 is 2.19 bits per heavy atom. The Kier molecular flexibility index (Phi) is 3.70. The van der Waals surface area contributed by atoms with Gasteiger partial charge in [-0.25, -0.2) is 4.98 Å². The number of benzene rings is 1. The molecule has 0 saturated heterocycles. The number of amides is 1. The van der Waals surface area contributed by atoms with E-state index in [9.17, 15) is 4.79 Å². The number of fused-ring (bicyclic) bond motifs is 1. The van der Waals surface area contributed by atoms with Crippen LogP contribution in [-0.4, -0.2) is 15.9 Å². The average molecular weight is 285 g/mol. The molecule has 0 radical (unpaired) electrons. The lowest BCUT2D eigenvalue weighted by Crippen LogP contribution is -2.40. The number of aromatic amines is 1. The zero-order valence-electron chi connectivity index (χ0n) is 12.8. The summed E-state index contributed by atoms with van der Waals surface area (Å²) in [6, 6.07) is 7.92. The van der Waals surface area contributed by atoms with Crippen LogP contribution in [-0.2, 0) is 11.3 Å². The van der Waals surface area contributed by atoms with Gasteiger partial charge in [0.25, 0.3) is 0 Å². The van der Waals surface area contributed by atoms with Crippen molar-refractivity contribution >= 4 is 16.9 Å². The van der Waals surface area contributed by atoms with Crippen molar-refractivity contribution in [3.63, 3.8) is 0 Å². The van der Waals surface area contributed by atoms with E-state index in [1.165, 1.54) is 6.42 Å². The molecule has 1 amide bonds. The quantitative estimate of drug-likeness (QED) is 0.908. The second-order valence-electron chi connectivity index (χ2n) is 6.71. The molecule has 0 aliphatic heterocycles. The molecule has 112 valence electrons. The van der Waals surface area contributed by atoms with Gasteiger partial charge in [-0.2, -0.15) is 0 Å². The minimum absolute atomic E-state index is 0.107. The van der Waals surface area contributed by atoms with Crippen molar-refractivity contribution in [3.05, 3.63) is 30.1 Å². The Hall–Kier alpha value is -1.84. The third kappa shape index (κ3) is 2.94. The van der Waals surface area contributed by atoms with E-state index in [4.69, 9.17) is 0 Å². The summed E-state index contributed by atoms with van der Waals surface area (Å²) in [5.41, 5.74) is 2.07. The van der Waals surface area contributed by atoms with Crippen molar-refractivity contribution in [1.82, 2.24) is 15.3 Å². The second-order valence-corrected chi connectivity index (χ2v) is 6.71. The molecule has 1 unspecified atom stereocenters. The predicted octanol–water partition coefficient (Wildman–Crippen LogP) is 3.40. The maximum absolute atomic E-state index is 12.4. The summed E-state index contributed by atoms with van der Waals surface area (Å²) >= 11 is 0. The Balaban J connectivity index is 1.65. The third-order valence-corrected chi connectivity index (χ3v) is 4.69. The number of para-hydroxylation sites is 2. The molecule has 1 aromatic heterocycles. The minimum atomic E-state index is 0.107. The van der Waals surface area contributed by atoms with E-state index in [0.29, 0.717) is 6.54 Å². The van der Waals surface area contributed by atoms with Crippen LogP contribution in [0.2, 0.25) is 0 Å². The van der Waals surface area contributed by atoms with Crippen LogP contribution in [0.3, 0.4) is 0 Å². The van der Waals surface area contributed by atoms with Crippen LogP contribution < -0.4 is 5.32 Å². The van der Waals surface area contributed by atoms with Crippen molar-refractivity contribution in [2.24, 2.45) is 11.3 Å². The van der Waals surface area contributed by atoms with Gasteiger partial charge in [-0.15, -0.1) is 0 Å². The predicted molar refractivity (Wildman–Crippen MR) is 83.7 cm³/mol. The lowest BCUT2D eigenvalue weighted by Gasteiger charge is -2.37. The van der Waals surface area contributed by atoms with Gasteiger partial charge >= 0.3 is 0 Å². The van der Waals surface area contributed by atoms with E-state index in [1.54, 1.807) is 0 Å². The van der Waals surface area contributed by atoms with Crippen molar-refractivity contribution in [1.29, 1.82) is 0 Å². The zero-order valence-corrected chi connectivity index (χ0v) is 12.8. The first-order valence-corrected chi connectivity index (χ1v) is 7.77. The lowest BCUT2D eigenvalue weighted by atomic mass is 9.68. The number of rotatable bonds is 3. The molecule has 1 heterocycles. The van der Waals surface area contributed by atoms with Gasteiger partial charge < -0.3 is 10.3 Å². The number of carbonyl (C=O) groups is 1. The summed E-state index contributed by atoms with van der Waals surface area (Å²) in [6.07, 6.45) is 4.53. The molecule has 1 saturated carbocycles. The molecule has 1 aliphatic carbocycles. The number of carbonyl (C=O) groups excluding carboxylic acids is 1. The van der Waals surface area contributed by atoms with Crippen LogP contribution in [0.25, 0.3) is 11.0 Å². The minimum Gasteiger partial charge on any atom is -0.349 e. The third-order valence-electron chi connectivity index (χ3n) is 4.69. The summed E-state index contributed by atoms with van der Waals surface area (Å²) in [5.74, 6) is 1.11. The van der Waals surface area contributed by atoms with E-state index in [1.807, 2.05) is 24.3 Å². The first-order valence-electron chi connectivity index (χ1n) is 7.77. The number of nitrogens with zero attached hydrogens (tertiary/aromatic N) is 1.